The second-order valence-corrected chi connectivity index (χ2v) is 9.63. The van der Waals surface area contributed by atoms with Gasteiger partial charge in [0.2, 0.25) is 0 Å². The van der Waals surface area contributed by atoms with E-state index in [2.05, 4.69) is 46.8 Å². The summed E-state index contributed by atoms with van der Waals surface area (Å²) in [7, 11) is 0. The van der Waals surface area contributed by atoms with Gasteiger partial charge in [0.25, 0.3) is 0 Å². The van der Waals surface area contributed by atoms with E-state index >= 15 is 0 Å². The molecule has 154 valence electrons. The Balaban J connectivity index is 2.19. The second kappa shape index (κ2) is 9.96. The molecule has 4 atom stereocenters. The summed E-state index contributed by atoms with van der Waals surface area (Å²) in [5, 5.41) is 21.2. The van der Waals surface area contributed by atoms with Crippen LogP contribution in [0.1, 0.15) is 109 Å². The second-order valence-electron chi connectivity index (χ2n) is 9.63. The average Bonchev–Trinajstić information content (AvgIpc) is 2.61. The number of phenolic OH excluding ortho intramolecular Hbond substituents is 1. The lowest BCUT2D eigenvalue weighted by molar-refractivity contribution is 0.0552. The van der Waals surface area contributed by atoms with E-state index in [0.29, 0.717) is 17.6 Å². The van der Waals surface area contributed by atoms with Crippen LogP contribution in [0.15, 0.2) is 18.2 Å². The Morgan fingerprint density at radius 2 is 1.78 bits per heavy atom. The molecular formula is C25H42O2. The van der Waals surface area contributed by atoms with E-state index in [1.807, 2.05) is 6.07 Å². The van der Waals surface area contributed by atoms with E-state index in [1.54, 1.807) is 0 Å². The Morgan fingerprint density at radius 1 is 1.04 bits per heavy atom. The van der Waals surface area contributed by atoms with Gasteiger partial charge >= 0.3 is 0 Å². The van der Waals surface area contributed by atoms with Crippen LogP contribution in [-0.2, 0) is 5.41 Å². The molecule has 0 spiro atoms. The highest BCUT2D eigenvalue weighted by Gasteiger charge is 2.36. The van der Waals surface area contributed by atoms with Gasteiger partial charge in [0.15, 0.2) is 0 Å². The molecule has 0 saturated heterocycles. The Bertz CT molecular complexity index is 578. The molecule has 0 aromatic heterocycles. The zero-order chi connectivity index (χ0) is 20.0. The minimum absolute atomic E-state index is 0.0892. The van der Waals surface area contributed by atoms with Gasteiger partial charge in [0, 0.05) is 0 Å². The van der Waals surface area contributed by atoms with Gasteiger partial charge in [0.1, 0.15) is 5.75 Å². The van der Waals surface area contributed by atoms with Crippen molar-refractivity contribution in [3.05, 3.63) is 29.3 Å². The van der Waals surface area contributed by atoms with Crippen molar-refractivity contribution in [2.24, 2.45) is 11.8 Å². The van der Waals surface area contributed by atoms with E-state index < -0.39 is 0 Å². The SMILES string of the molecule is CCCCCCC(C)(C)c1ccc([C@@H]2C[C@H](O)C[C@H](C)[C@H]2CCC)c(O)c1. The van der Waals surface area contributed by atoms with Gasteiger partial charge in [-0.2, -0.15) is 0 Å². The van der Waals surface area contributed by atoms with E-state index in [4.69, 9.17) is 0 Å². The third-order valence-corrected chi connectivity index (χ3v) is 6.91. The first-order valence-electron chi connectivity index (χ1n) is 11.3. The first-order valence-corrected chi connectivity index (χ1v) is 11.3. The summed E-state index contributed by atoms with van der Waals surface area (Å²) < 4.78 is 0. The normalized spacial score (nSPS) is 26.3. The Hall–Kier alpha value is -1.02. The molecule has 0 aliphatic heterocycles. The van der Waals surface area contributed by atoms with E-state index in [9.17, 15) is 10.2 Å². The number of hydrogen-bond acceptors (Lipinski definition) is 2. The predicted octanol–water partition coefficient (Wildman–Crippen LogP) is 6.93. The number of rotatable bonds is 9. The highest BCUT2D eigenvalue weighted by atomic mass is 16.3. The summed E-state index contributed by atoms with van der Waals surface area (Å²) in [5.74, 6) is 1.76. The largest absolute Gasteiger partial charge is 0.508 e. The lowest BCUT2D eigenvalue weighted by atomic mass is 9.67. The summed E-state index contributed by atoms with van der Waals surface area (Å²) in [5.41, 5.74) is 2.37. The number of phenols is 1. The van der Waals surface area contributed by atoms with Gasteiger partial charge in [-0.05, 0) is 66.0 Å². The minimum Gasteiger partial charge on any atom is -0.508 e. The van der Waals surface area contributed by atoms with Crippen molar-refractivity contribution < 1.29 is 10.2 Å². The number of benzene rings is 1. The van der Waals surface area contributed by atoms with Gasteiger partial charge < -0.3 is 10.2 Å². The van der Waals surface area contributed by atoms with Gasteiger partial charge in [-0.25, -0.2) is 0 Å². The number of hydrogen-bond donors (Lipinski definition) is 2. The summed E-state index contributed by atoms with van der Waals surface area (Å²) in [6, 6.07) is 6.38. The van der Waals surface area contributed by atoms with Gasteiger partial charge in [0.05, 0.1) is 6.10 Å². The topological polar surface area (TPSA) is 40.5 Å². The van der Waals surface area contributed by atoms with E-state index in [1.165, 1.54) is 37.7 Å². The Morgan fingerprint density at radius 3 is 2.41 bits per heavy atom. The number of aliphatic hydroxyl groups is 1. The van der Waals surface area contributed by atoms with Crippen LogP contribution in [-0.4, -0.2) is 16.3 Å². The monoisotopic (exact) mass is 374 g/mol. The maximum Gasteiger partial charge on any atom is 0.119 e. The third-order valence-electron chi connectivity index (χ3n) is 6.91. The molecule has 1 fully saturated rings. The molecule has 0 amide bonds. The molecule has 0 radical (unpaired) electrons. The van der Waals surface area contributed by atoms with E-state index in [0.717, 1.165) is 31.2 Å². The minimum atomic E-state index is -0.243. The van der Waals surface area contributed by atoms with Crippen LogP contribution in [0.2, 0.25) is 0 Å². The van der Waals surface area contributed by atoms with E-state index in [-0.39, 0.29) is 17.4 Å². The number of aromatic hydroxyl groups is 1. The van der Waals surface area contributed by atoms with Crippen molar-refractivity contribution in [3.63, 3.8) is 0 Å². The van der Waals surface area contributed by atoms with Crippen LogP contribution in [0.5, 0.6) is 5.75 Å². The maximum atomic E-state index is 10.9. The Kier molecular flexibility index (Phi) is 8.21. The summed E-state index contributed by atoms with van der Waals surface area (Å²) >= 11 is 0. The molecule has 0 heterocycles. The molecule has 1 aliphatic rings. The first-order chi connectivity index (χ1) is 12.8. The Labute approximate surface area is 167 Å². The molecule has 1 aromatic rings. The zero-order valence-electron chi connectivity index (χ0n) is 18.3. The standard InChI is InChI=1S/C25H42O2/c1-6-8-9-10-14-25(4,5)19-12-13-22(24(27)16-19)23-17-20(26)15-18(3)21(23)11-7-2/h12-13,16,18,20-21,23,26-27H,6-11,14-15,17H2,1-5H3/t18-,20+,21+,23+/m0/s1. The lowest BCUT2D eigenvalue weighted by Gasteiger charge is -2.40. The average molecular weight is 375 g/mol. The van der Waals surface area contributed by atoms with Crippen LogP contribution < -0.4 is 0 Å². The van der Waals surface area contributed by atoms with Crippen molar-refractivity contribution in [1.29, 1.82) is 0 Å². The summed E-state index contributed by atoms with van der Waals surface area (Å²) in [6.07, 6.45) is 10.0. The van der Waals surface area contributed by atoms with Crippen molar-refractivity contribution >= 4 is 0 Å². The smallest absolute Gasteiger partial charge is 0.119 e. The molecule has 2 rings (SSSR count). The first kappa shape index (κ1) is 22.3. The van der Waals surface area contributed by atoms with Crippen LogP contribution in [0.25, 0.3) is 0 Å². The fourth-order valence-electron chi connectivity index (χ4n) is 5.16. The van der Waals surface area contributed by atoms with Crippen LogP contribution in [0.3, 0.4) is 0 Å². The van der Waals surface area contributed by atoms with Crippen molar-refractivity contribution in [2.45, 2.75) is 110 Å². The summed E-state index contributed by atoms with van der Waals surface area (Å²) in [6.45, 7) is 11.3. The highest BCUT2D eigenvalue weighted by molar-refractivity contribution is 5.42. The van der Waals surface area contributed by atoms with Crippen molar-refractivity contribution in [2.75, 3.05) is 0 Å². The molecule has 0 unspecified atom stereocenters. The predicted molar refractivity (Wildman–Crippen MR) is 115 cm³/mol. The molecule has 27 heavy (non-hydrogen) atoms. The van der Waals surface area contributed by atoms with Crippen LogP contribution >= 0.6 is 0 Å². The maximum absolute atomic E-state index is 10.9. The fraction of sp³-hybridized carbons (Fsp3) is 0.760. The molecular weight excluding hydrogens is 332 g/mol. The van der Waals surface area contributed by atoms with Crippen molar-refractivity contribution in [3.8, 4) is 5.75 Å². The third kappa shape index (κ3) is 5.73. The molecule has 0 bridgehead atoms. The highest BCUT2D eigenvalue weighted by Crippen LogP contribution is 2.46. The molecule has 1 aliphatic carbocycles. The van der Waals surface area contributed by atoms with Crippen molar-refractivity contribution in [1.82, 2.24) is 0 Å². The number of aliphatic hydroxyl groups excluding tert-OH is 1. The molecule has 2 N–H and O–H groups in total. The number of unbranched alkanes of at least 4 members (excludes halogenated alkanes) is 3. The molecule has 2 heteroatoms. The van der Waals surface area contributed by atoms with Crippen LogP contribution in [0.4, 0.5) is 0 Å². The molecule has 1 saturated carbocycles. The zero-order valence-corrected chi connectivity index (χ0v) is 18.3. The molecule has 1 aromatic carbocycles. The lowest BCUT2D eigenvalue weighted by Crippen LogP contribution is -2.32. The quantitative estimate of drug-likeness (QED) is 0.460. The van der Waals surface area contributed by atoms with Gasteiger partial charge in [-0.15, -0.1) is 0 Å². The van der Waals surface area contributed by atoms with Gasteiger partial charge in [-0.1, -0.05) is 78.9 Å². The van der Waals surface area contributed by atoms with Gasteiger partial charge in [-0.3, -0.25) is 0 Å². The molecule has 2 nitrogen and oxygen atoms in total. The summed E-state index contributed by atoms with van der Waals surface area (Å²) in [4.78, 5) is 0. The fourth-order valence-corrected chi connectivity index (χ4v) is 5.16. The van der Waals surface area contributed by atoms with Crippen LogP contribution in [0, 0.1) is 11.8 Å².